The lowest BCUT2D eigenvalue weighted by molar-refractivity contribution is -0.141. The number of carbonyl (C=O) groups is 4. The number of benzene rings is 4. The third-order valence-electron chi connectivity index (χ3n) is 17.5. The molecule has 0 radical (unpaired) electrons. The quantitative estimate of drug-likeness (QED) is 0.0186. The standard InChI is InChI=1S/C70H82F2O10S2/c1-3-63(73)79-43-15-11-7-5-9-13-41-77-57-37-29-49(30-38-57)47-17-21-53(22-18-47)69(75)81-65-59-45-61(51-25-33-55(71)34-26-51)84-68(59)66(60-46-62(83-67(60)65)52-27-35-56(72)36-28-52)82-70(76)54-23-19-48(20-24-54)50-31-39-58(40-32-50)78-42-14-10-6-8-12-16-44-80-64(74)4-2/h3-4,25-30,33-38,45-48,50,53-54,58H,1-2,5-24,31-32,39-44H2. The van der Waals surface area contributed by atoms with E-state index in [0.29, 0.717) is 88.2 Å². The molecule has 0 bridgehead atoms. The van der Waals surface area contributed by atoms with E-state index >= 15 is 0 Å². The predicted octanol–water partition coefficient (Wildman–Crippen LogP) is 18.4. The van der Waals surface area contributed by atoms with Crippen LogP contribution in [0, 0.1) is 35.3 Å². The van der Waals surface area contributed by atoms with Gasteiger partial charge in [0.1, 0.15) is 17.4 Å². The van der Waals surface area contributed by atoms with E-state index in [0.717, 1.165) is 174 Å². The van der Waals surface area contributed by atoms with E-state index in [1.807, 2.05) is 24.3 Å². The number of thiophene rings is 2. The van der Waals surface area contributed by atoms with Crippen LogP contribution in [0.4, 0.5) is 8.78 Å². The monoisotopic (exact) mass is 1180 g/mol. The number of carbonyl (C=O) groups excluding carboxylic acids is 4. The van der Waals surface area contributed by atoms with Gasteiger partial charge in [0.2, 0.25) is 0 Å². The van der Waals surface area contributed by atoms with Crippen molar-refractivity contribution >= 4 is 66.7 Å². The molecule has 4 aromatic carbocycles. The fraction of sp³-hybridized carbons (Fsp3) is 0.486. The molecule has 9 rings (SSSR count). The van der Waals surface area contributed by atoms with Crippen LogP contribution in [0.15, 0.2) is 110 Å². The lowest BCUT2D eigenvalue weighted by Gasteiger charge is -2.37. The lowest BCUT2D eigenvalue weighted by atomic mass is 9.70. The number of fused-ring (bicyclic) bond motifs is 2. The van der Waals surface area contributed by atoms with Gasteiger partial charge in [-0.25, -0.2) is 18.4 Å². The Morgan fingerprint density at radius 1 is 0.476 bits per heavy atom. The minimum Gasteiger partial charge on any atom is -0.494 e. The van der Waals surface area contributed by atoms with Crippen molar-refractivity contribution in [1.29, 1.82) is 0 Å². The minimum atomic E-state index is -0.372. The van der Waals surface area contributed by atoms with Crippen LogP contribution < -0.4 is 14.2 Å². The van der Waals surface area contributed by atoms with Crippen LogP contribution in [0.5, 0.6) is 17.2 Å². The molecule has 0 atom stereocenters. The average Bonchev–Trinajstić information content (AvgIpc) is 1.92. The molecule has 3 aliphatic carbocycles. The van der Waals surface area contributed by atoms with E-state index in [-0.39, 0.29) is 47.3 Å². The summed E-state index contributed by atoms with van der Waals surface area (Å²) in [5.74, 6) is 0.580. The summed E-state index contributed by atoms with van der Waals surface area (Å²) in [4.78, 5) is 53.1. The van der Waals surface area contributed by atoms with Crippen molar-refractivity contribution in [2.24, 2.45) is 23.7 Å². The summed E-state index contributed by atoms with van der Waals surface area (Å²) in [6.45, 7) is 9.19. The maximum atomic E-state index is 14.6. The third-order valence-corrected chi connectivity index (χ3v) is 19.8. The molecule has 0 aliphatic heterocycles. The number of rotatable bonds is 30. The van der Waals surface area contributed by atoms with Crippen molar-refractivity contribution < 1.29 is 56.4 Å². The number of unbranched alkanes of at least 4 members (excludes halogenated alkanes) is 10. The molecule has 448 valence electrons. The summed E-state index contributed by atoms with van der Waals surface area (Å²) < 4.78 is 65.7. The van der Waals surface area contributed by atoms with Crippen LogP contribution >= 0.6 is 22.7 Å². The molecule has 0 saturated heterocycles. The average molecular weight is 1190 g/mol. The first-order valence-electron chi connectivity index (χ1n) is 30.9. The van der Waals surface area contributed by atoms with E-state index in [9.17, 15) is 28.0 Å². The minimum absolute atomic E-state index is 0.265. The van der Waals surface area contributed by atoms with Crippen molar-refractivity contribution in [2.45, 2.75) is 166 Å². The molecule has 2 heterocycles. The Hall–Kier alpha value is -6.22. The smallest absolute Gasteiger partial charge is 0.330 e. The highest BCUT2D eigenvalue weighted by molar-refractivity contribution is 7.24. The van der Waals surface area contributed by atoms with Gasteiger partial charge >= 0.3 is 23.9 Å². The number of halogens is 2. The van der Waals surface area contributed by atoms with Gasteiger partial charge in [0.05, 0.1) is 47.2 Å². The Morgan fingerprint density at radius 2 is 0.881 bits per heavy atom. The van der Waals surface area contributed by atoms with Gasteiger partial charge < -0.3 is 28.4 Å². The Balaban J connectivity index is 0.815. The van der Waals surface area contributed by atoms with Crippen LogP contribution in [0.3, 0.4) is 0 Å². The Morgan fingerprint density at radius 3 is 1.33 bits per heavy atom. The second kappa shape index (κ2) is 31.8. The van der Waals surface area contributed by atoms with Crippen molar-refractivity contribution in [3.63, 3.8) is 0 Å². The molecule has 14 heteroatoms. The van der Waals surface area contributed by atoms with Gasteiger partial charge in [-0.2, -0.15) is 0 Å². The zero-order valence-electron chi connectivity index (χ0n) is 48.6. The molecule has 0 amide bonds. The molecule has 6 aromatic rings. The summed E-state index contributed by atoms with van der Waals surface area (Å²) in [5.41, 5.74) is 2.80. The molecule has 10 nitrogen and oxygen atoms in total. The molecule has 84 heavy (non-hydrogen) atoms. The zero-order valence-corrected chi connectivity index (χ0v) is 50.2. The van der Waals surface area contributed by atoms with E-state index in [1.54, 1.807) is 24.3 Å². The molecule has 0 N–H and O–H groups in total. The van der Waals surface area contributed by atoms with Gasteiger partial charge in [-0.05, 0) is 186 Å². The summed E-state index contributed by atoms with van der Waals surface area (Å²) in [7, 11) is 0. The van der Waals surface area contributed by atoms with Gasteiger partial charge in [-0.1, -0.05) is 101 Å². The van der Waals surface area contributed by atoms with E-state index in [2.05, 4.69) is 25.3 Å². The van der Waals surface area contributed by atoms with Crippen LogP contribution in [-0.4, -0.2) is 56.4 Å². The number of esters is 4. The third kappa shape index (κ3) is 17.5. The van der Waals surface area contributed by atoms with Crippen LogP contribution in [0.2, 0.25) is 0 Å². The summed E-state index contributed by atoms with van der Waals surface area (Å²) in [5, 5.41) is 1.30. The summed E-state index contributed by atoms with van der Waals surface area (Å²) in [6, 6.07) is 24.9. The van der Waals surface area contributed by atoms with E-state index in [4.69, 9.17) is 28.4 Å². The van der Waals surface area contributed by atoms with Gasteiger partial charge in [0, 0.05) is 39.3 Å². The Kier molecular flexibility index (Phi) is 23.6. The van der Waals surface area contributed by atoms with Crippen molar-refractivity contribution in [3.8, 4) is 38.1 Å². The van der Waals surface area contributed by atoms with E-state index < -0.39 is 0 Å². The fourth-order valence-corrected chi connectivity index (χ4v) is 14.9. The Bertz CT molecular complexity index is 3000. The number of hydrogen-bond acceptors (Lipinski definition) is 12. The van der Waals surface area contributed by atoms with Gasteiger partial charge in [-0.3, -0.25) is 9.59 Å². The SMILES string of the molecule is C=CC(=O)OCCCCCCCCOc1ccc(C2CCC(C(=O)Oc3c4cc(-c5ccc(F)cc5)sc4c(OC(=O)C4CCC(C5CCC(OCCCCCCCCOC(=O)C=C)CC5)CC4)c4cc(-c5ccc(F)cc5)sc34)CC2)cc1. The van der Waals surface area contributed by atoms with Gasteiger partial charge in [-0.15, -0.1) is 22.7 Å². The van der Waals surface area contributed by atoms with Crippen LogP contribution in [-0.2, 0) is 33.4 Å². The van der Waals surface area contributed by atoms with Crippen LogP contribution in [0.1, 0.15) is 166 Å². The molecule has 0 spiro atoms. The largest absolute Gasteiger partial charge is 0.494 e. The summed E-state index contributed by atoms with van der Waals surface area (Å²) >= 11 is 2.85. The first-order valence-corrected chi connectivity index (χ1v) is 32.6. The molecular formula is C70H82F2O10S2. The molecule has 2 aromatic heterocycles. The highest BCUT2D eigenvalue weighted by Crippen LogP contribution is 2.54. The lowest BCUT2D eigenvalue weighted by Crippen LogP contribution is -2.31. The fourth-order valence-electron chi connectivity index (χ4n) is 12.6. The Labute approximate surface area is 502 Å². The number of ether oxygens (including phenoxy) is 6. The second-order valence-electron chi connectivity index (χ2n) is 23.2. The maximum absolute atomic E-state index is 14.6. The first kappa shape index (κ1) is 62.3. The van der Waals surface area contributed by atoms with E-state index in [1.165, 1.54) is 64.7 Å². The molecule has 3 aliphatic rings. The van der Waals surface area contributed by atoms with Crippen LogP contribution in [0.25, 0.3) is 41.1 Å². The molecule has 3 saturated carbocycles. The summed E-state index contributed by atoms with van der Waals surface area (Å²) in [6.07, 6.45) is 26.1. The zero-order chi connectivity index (χ0) is 58.6. The van der Waals surface area contributed by atoms with Crippen molar-refractivity contribution in [1.82, 2.24) is 0 Å². The number of hydrogen-bond donors (Lipinski definition) is 0. The molecule has 0 unspecified atom stereocenters. The first-order chi connectivity index (χ1) is 41.0. The second-order valence-corrected chi connectivity index (χ2v) is 25.3. The molecular weight excluding hydrogens is 1100 g/mol. The topological polar surface area (TPSA) is 124 Å². The normalized spacial score (nSPS) is 19.8. The maximum Gasteiger partial charge on any atom is 0.330 e. The van der Waals surface area contributed by atoms with Gasteiger partial charge in [0.25, 0.3) is 0 Å². The highest BCUT2D eigenvalue weighted by atomic mass is 32.1. The van der Waals surface area contributed by atoms with Crippen molar-refractivity contribution in [3.05, 3.63) is 127 Å². The van der Waals surface area contributed by atoms with Crippen molar-refractivity contribution in [2.75, 3.05) is 26.4 Å². The highest BCUT2D eigenvalue weighted by Gasteiger charge is 2.36. The molecule has 3 fully saturated rings. The van der Waals surface area contributed by atoms with Gasteiger partial charge in [0.15, 0.2) is 11.5 Å². The predicted molar refractivity (Wildman–Crippen MR) is 331 cm³/mol.